The van der Waals surface area contributed by atoms with Crippen molar-refractivity contribution in [1.29, 1.82) is 0 Å². The SMILES string of the molecule is CCn1cc(-n2ccnc2NCCOC)cn1. The van der Waals surface area contributed by atoms with Crippen molar-refractivity contribution >= 4 is 5.95 Å². The number of nitrogens with one attached hydrogen (secondary N) is 1. The van der Waals surface area contributed by atoms with Crippen LogP contribution in [0, 0.1) is 0 Å². The molecule has 6 nitrogen and oxygen atoms in total. The molecule has 0 fully saturated rings. The summed E-state index contributed by atoms with van der Waals surface area (Å²) in [6.07, 6.45) is 7.49. The number of aryl methyl sites for hydroxylation is 1. The number of aromatic nitrogens is 4. The average molecular weight is 235 g/mol. The second-order valence-corrected chi connectivity index (χ2v) is 3.59. The van der Waals surface area contributed by atoms with E-state index in [9.17, 15) is 0 Å². The number of anilines is 1. The zero-order valence-electron chi connectivity index (χ0n) is 10.1. The fourth-order valence-corrected chi connectivity index (χ4v) is 1.56. The highest BCUT2D eigenvalue weighted by Crippen LogP contribution is 2.13. The van der Waals surface area contributed by atoms with E-state index in [0.29, 0.717) is 6.61 Å². The number of hydrogen-bond donors (Lipinski definition) is 1. The van der Waals surface area contributed by atoms with Gasteiger partial charge < -0.3 is 10.1 Å². The molecule has 0 aliphatic rings. The minimum absolute atomic E-state index is 0.654. The summed E-state index contributed by atoms with van der Waals surface area (Å²) in [6, 6.07) is 0. The predicted octanol–water partition coefficient (Wildman–Crippen LogP) is 1.15. The largest absolute Gasteiger partial charge is 0.383 e. The standard InChI is InChI=1S/C11H17N5O/c1-3-15-9-10(8-14-15)16-6-4-12-11(16)13-5-7-17-2/h4,6,8-9H,3,5,7H2,1-2H3,(H,12,13). The minimum atomic E-state index is 0.654. The molecule has 0 spiro atoms. The van der Waals surface area contributed by atoms with Gasteiger partial charge in [-0.3, -0.25) is 9.25 Å². The summed E-state index contributed by atoms with van der Waals surface area (Å²) in [5.41, 5.74) is 1.00. The van der Waals surface area contributed by atoms with Crippen molar-refractivity contribution in [2.75, 3.05) is 25.6 Å². The monoisotopic (exact) mass is 235 g/mol. The summed E-state index contributed by atoms with van der Waals surface area (Å²) in [6.45, 7) is 4.31. The lowest BCUT2D eigenvalue weighted by Gasteiger charge is -2.07. The van der Waals surface area contributed by atoms with Gasteiger partial charge >= 0.3 is 0 Å². The number of rotatable bonds is 6. The second-order valence-electron chi connectivity index (χ2n) is 3.59. The highest BCUT2D eigenvalue weighted by atomic mass is 16.5. The van der Waals surface area contributed by atoms with E-state index in [1.165, 1.54) is 0 Å². The molecule has 0 unspecified atom stereocenters. The molecule has 0 saturated heterocycles. The summed E-state index contributed by atoms with van der Waals surface area (Å²) in [5, 5.41) is 7.45. The zero-order valence-corrected chi connectivity index (χ0v) is 10.1. The molecule has 92 valence electrons. The Balaban J connectivity index is 2.12. The summed E-state index contributed by atoms with van der Waals surface area (Å²) in [4.78, 5) is 4.26. The van der Waals surface area contributed by atoms with Gasteiger partial charge in [-0.2, -0.15) is 5.10 Å². The van der Waals surface area contributed by atoms with E-state index in [0.717, 1.165) is 24.7 Å². The van der Waals surface area contributed by atoms with Gasteiger partial charge in [-0.1, -0.05) is 0 Å². The van der Waals surface area contributed by atoms with Crippen molar-refractivity contribution in [2.24, 2.45) is 0 Å². The van der Waals surface area contributed by atoms with E-state index < -0.39 is 0 Å². The third kappa shape index (κ3) is 2.65. The molecule has 0 bridgehead atoms. The van der Waals surface area contributed by atoms with Crippen LogP contribution in [0.5, 0.6) is 0 Å². The van der Waals surface area contributed by atoms with E-state index in [1.54, 1.807) is 13.3 Å². The Hall–Kier alpha value is -1.82. The summed E-state index contributed by atoms with van der Waals surface area (Å²) >= 11 is 0. The molecule has 6 heteroatoms. The lowest BCUT2D eigenvalue weighted by molar-refractivity contribution is 0.210. The van der Waals surface area contributed by atoms with Crippen LogP contribution in [0.3, 0.4) is 0 Å². The van der Waals surface area contributed by atoms with Crippen molar-refractivity contribution in [3.63, 3.8) is 0 Å². The average Bonchev–Trinajstić information content (AvgIpc) is 2.96. The summed E-state index contributed by atoms with van der Waals surface area (Å²) in [7, 11) is 1.68. The van der Waals surface area contributed by atoms with Gasteiger partial charge in [0.2, 0.25) is 5.95 Å². The van der Waals surface area contributed by atoms with E-state index in [4.69, 9.17) is 4.74 Å². The summed E-state index contributed by atoms with van der Waals surface area (Å²) in [5.74, 6) is 0.803. The van der Waals surface area contributed by atoms with Crippen LogP contribution < -0.4 is 5.32 Å². The second kappa shape index (κ2) is 5.49. The van der Waals surface area contributed by atoms with Gasteiger partial charge in [-0.05, 0) is 6.92 Å². The van der Waals surface area contributed by atoms with Gasteiger partial charge in [0.25, 0.3) is 0 Å². The zero-order chi connectivity index (χ0) is 12.1. The number of hydrogen-bond acceptors (Lipinski definition) is 4. The smallest absolute Gasteiger partial charge is 0.207 e. The van der Waals surface area contributed by atoms with Crippen molar-refractivity contribution in [2.45, 2.75) is 13.5 Å². The molecule has 2 rings (SSSR count). The van der Waals surface area contributed by atoms with Crippen LogP contribution in [0.15, 0.2) is 24.8 Å². The molecule has 17 heavy (non-hydrogen) atoms. The molecule has 0 amide bonds. The van der Waals surface area contributed by atoms with Gasteiger partial charge in [-0.25, -0.2) is 4.98 Å². The molecule has 0 saturated carbocycles. The number of ether oxygens (including phenoxy) is 1. The van der Waals surface area contributed by atoms with Crippen LogP contribution in [0.1, 0.15) is 6.92 Å². The van der Waals surface area contributed by atoms with Crippen molar-refractivity contribution in [3.05, 3.63) is 24.8 Å². The van der Waals surface area contributed by atoms with Gasteiger partial charge in [0.15, 0.2) is 0 Å². The van der Waals surface area contributed by atoms with Crippen LogP contribution >= 0.6 is 0 Å². The number of imidazole rings is 1. The van der Waals surface area contributed by atoms with Crippen LogP contribution in [-0.4, -0.2) is 39.6 Å². The molecule has 1 N–H and O–H groups in total. The first-order valence-corrected chi connectivity index (χ1v) is 5.64. The predicted molar refractivity (Wildman–Crippen MR) is 65.4 cm³/mol. The molecular formula is C11H17N5O. The Bertz CT molecular complexity index is 462. The molecule has 2 aromatic heterocycles. The number of methoxy groups -OCH3 is 1. The third-order valence-electron chi connectivity index (χ3n) is 2.45. The van der Waals surface area contributed by atoms with Crippen LogP contribution in [0.25, 0.3) is 5.69 Å². The maximum absolute atomic E-state index is 4.99. The maximum Gasteiger partial charge on any atom is 0.207 e. The lowest BCUT2D eigenvalue weighted by Crippen LogP contribution is -2.11. The van der Waals surface area contributed by atoms with Gasteiger partial charge in [0.05, 0.1) is 18.5 Å². The first-order valence-electron chi connectivity index (χ1n) is 5.64. The van der Waals surface area contributed by atoms with Gasteiger partial charge in [0.1, 0.15) is 0 Å². The topological polar surface area (TPSA) is 56.9 Å². The molecule has 2 aromatic rings. The maximum atomic E-state index is 4.99. The molecular weight excluding hydrogens is 218 g/mol. The summed E-state index contributed by atoms with van der Waals surface area (Å²) < 4.78 is 8.84. The Kier molecular flexibility index (Phi) is 3.77. The van der Waals surface area contributed by atoms with Crippen LogP contribution in [0.4, 0.5) is 5.95 Å². The quantitative estimate of drug-likeness (QED) is 0.763. The van der Waals surface area contributed by atoms with E-state index >= 15 is 0 Å². The molecule has 2 heterocycles. The molecule has 0 aromatic carbocycles. The van der Waals surface area contributed by atoms with Crippen molar-refractivity contribution in [3.8, 4) is 5.69 Å². The normalized spacial score (nSPS) is 10.7. The highest BCUT2D eigenvalue weighted by Gasteiger charge is 2.05. The highest BCUT2D eigenvalue weighted by molar-refractivity contribution is 5.39. The van der Waals surface area contributed by atoms with Crippen LogP contribution in [-0.2, 0) is 11.3 Å². The Morgan fingerprint density at radius 1 is 1.47 bits per heavy atom. The third-order valence-corrected chi connectivity index (χ3v) is 2.45. The Morgan fingerprint density at radius 3 is 3.06 bits per heavy atom. The molecule has 0 aliphatic heterocycles. The van der Waals surface area contributed by atoms with Gasteiger partial charge in [-0.15, -0.1) is 0 Å². The first-order chi connectivity index (χ1) is 8.35. The molecule has 0 atom stereocenters. The van der Waals surface area contributed by atoms with E-state index in [-0.39, 0.29) is 0 Å². The number of nitrogens with zero attached hydrogens (tertiary/aromatic N) is 4. The molecule has 0 radical (unpaired) electrons. The fourth-order valence-electron chi connectivity index (χ4n) is 1.56. The first kappa shape index (κ1) is 11.7. The molecule has 0 aliphatic carbocycles. The fraction of sp³-hybridized carbons (Fsp3) is 0.455. The van der Waals surface area contributed by atoms with E-state index in [1.807, 2.05) is 27.8 Å². The van der Waals surface area contributed by atoms with E-state index in [2.05, 4.69) is 22.3 Å². The minimum Gasteiger partial charge on any atom is -0.383 e. The Morgan fingerprint density at radius 2 is 2.35 bits per heavy atom. The lowest BCUT2D eigenvalue weighted by atomic mass is 10.5. The van der Waals surface area contributed by atoms with Crippen LogP contribution in [0.2, 0.25) is 0 Å². The Labute approximate surface area is 100 Å². The van der Waals surface area contributed by atoms with Crippen molar-refractivity contribution in [1.82, 2.24) is 19.3 Å². The van der Waals surface area contributed by atoms with Gasteiger partial charge in [0, 0.05) is 38.8 Å². The van der Waals surface area contributed by atoms with Crippen molar-refractivity contribution < 1.29 is 4.74 Å².